The number of nitro groups is 1. The summed E-state index contributed by atoms with van der Waals surface area (Å²) in [5.74, 6) is -3.39. The maximum absolute atomic E-state index is 10.4. The van der Waals surface area contributed by atoms with E-state index in [2.05, 4.69) is 0 Å². The Balaban J connectivity index is 0.00000225. The zero-order valence-electron chi connectivity index (χ0n) is 7.84. The Labute approximate surface area is 109 Å². The van der Waals surface area contributed by atoms with E-state index < -0.39 is 33.7 Å². The minimum absolute atomic E-state index is 0. The summed E-state index contributed by atoms with van der Waals surface area (Å²) in [4.78, 5) is 30.2. The Morgan fingerprint density at radius 1 is 1.00 bits per heavy atom. The van der Waals surface area contributed by atoms with Gasteiger partial charge in [-0.05, 0) is 6.07 Å². The molecule has 0 spiro atoms. The molecule has 0 radical (unpaired) electrons. The number of benzene rings is 1. The molecule has 16 heavy (non-hydrogen) atoms. The zero-order chi connectivity index (χ0) is 11.6. The SMILES string of the molecule is O=C([O-])c1cc(C(=O)[O-])cc([N+](=O)[O-])c1.[Cd+2]. The minimum Gasteiger partial charge on any atom is -0.545 e. The summed E-state index contributed by atoms with van der Waals surface area (Å²) >= 11 is 0. The van der Waals surface area contributed by atoms with Crippen LogP contribution in [0.3, 0.4) is 0 Å². The molecule has 0 unspecified atom stereocenters. The number of carbonyl (C=O) groups excluding carboxylic acids is 2. The molecule has 0 saturated carbocycles. The van der Waals surface area contributed by atoms with Gasteiger partial charge in [0.2, 0.25) is 0 Å². The Morgan fingerprint density at radius 2 is 1.38 bits per heavy atom. The molecule has 1 aromatic rings. The van der Waals surface area contributed by atoms with E-state index in [9.17, 15) is 29.9 Å². The molecule has 1 aromatic carbocycles. The van der Waals surface area contributed by atoms with E-state index >= 15 is 0 Å². The summed E-state index contributed by atoms with van der Waals surface area (Å²) in [7, 11) is 0. The molecule has 0 fully saturated rings. The van der Waals surface area contributed by atoms with E-state index in [4.69, 9.17) is 0 Å². The minimum atomic E-state index is -1.69. The fourth-order valence-corrected chi connectivity index (χ4v) is 0.952. The number of nitrogens with zero attached hydrogens (tertiary/aromatic N) is 1. The average Bonchev–Trinajstić information content (AvgIpc) is 2.16. The molecule has 0 heterocycles. The number of carbonyl (C=O) groups is 2. The fourth-order valence-electron chi connectivity index (χ4n) is 0.952. The van der Waals surface area contributed by atoms with Crippen molar-refractivity contribution in [2.45, 2.75) is 0 Å². The Hall–Kier alpha value is -1.52. The van der Waals surface area contributed by atoms with Gasteiger partial charge in [-0.3, -0.25) is 10.1 Å². The topological polar surface area (TPSA) is 123 Å². The van der Waals surface area contributed by atoms with Gasteiger partial charge in [-0.2, -0.15) is 0 Å². The number of carboxylic acids is 2. The number of carboxylic acid groups (broad SMARTS) is 2. The van der Waals surface area contributed by atoms with Gasteiger partial charge >= 0.3 is 27.3 Å². The van der Waals surface area contributed by atoms with Crippen molar-refractivity contribution >= 4 is 17.6 Å². The first-order valence-corrected chi connectivity index (χ1v) is 3.64. The molecule has 0 aromatic heterocycles. The molecule has 78 valence electrons. The third kappa shape index (κ3) is 3.26. The number of rotatable bonds is 3. The summed E-state index contributed by atoms with van der Waals surface area (Å²) in [6.45, 7) is 0. The van der Waals surface area contributed by atoms with Gasteiger partial charge in [0.05, 0.1) is 16.9 Å². The van der Waals surface area contributed by atoms with Gasteiger partial charge in [0.25, 0.3) is 5.69 Å². The standard InChI is InChI=1S/C8H5NO6.Cd/c10-7(11)4-1-5(8(12)13)3-6(2-4)9(14)15;/h1-3H,(H,10,11)(H,12,13);/q;+2/p-2. The average molecular weight is 322 g/mol. The van der Waals surface area contributed by atoms with Gasteiger partial charge in [0.15, 0.2) is 0 Å². The second kappa shape index (κ2) is 5.53. The Morgan fingerprint density at radius 3 is 1.62 bits per heavy atom. The van der Waals surface area contributed by atoms with Crippen molar-refractivity contribution in [2.75, 3.05) is 0 Å². The van der Waals surface area contributed by atoms with Crippen LogP contribution in [0.4, 0.5) is 5.69 Å². The summed E-state index contributed by atoms with van der Waals surface area (Å²) in [6, 6.07) is 2.15. The van der Waals surface area contributed by atoms with Crippen LogP contribution in [0.5, 0.6) is 0 Å². The molecule has 0 aliphatic carbocycles. The van der Waals surface area contributed by atoms with Crippen LogP contribution in [-0.2, 0) is 27.3 Å². The smallest absolute Gasteiger partial charge is 0.545 e. The third-order valence-corrected chi connectivity index (χ3v) is 1.60. The number of hydrogen-bond donors (Lipinski definition) is 0. The zero-order valence-corrected chi connectivity index (χ0v) is 11.9. The Kier molecular flexibility index (Phi) is 5.01. The summed E-state index contributed by atoms with van der Waals surface area (Å²) < 4.78 is 0. The van der Waals surface area contributed by atoms with Gasteiger partial charge in [-0.25, -0.2) is 0 Å². The van der Waals surface area contributed by atoms with Gasteiger partial charge in [0.1, 0.15) is 0 Å². The van der Waals surface area contributed by atoms with Crippen molar-refractivity contribution in [1.29, 1.82) is 0 Å². The van der Waals surface area contributed by atoms with Crippen LogP contribution in [0.25, 0.3) is 0 Å². The first kappa shape index (κ1) is 14.5. The van der Waals surface area contributed by atoms with E-state index in [0.717, 1.165) is 6.07 Å². The molecule has 0 atom stereocenters. The van der Waals surface area contributed by atoms with Crippen LogP contribution < -0.4 is 10.2 Å². The van der Waals surface area contributed by atoms with Crippen LogP contribution in [0.15, 0.2) is 18.2 Å². The maximum atomic E-state index is 10.4. The van der Waals surface area contributed by atoms with Gasteiger partial charge in [-0.15, -0.1) is 0 Å². The maximum Gasteiger partial charge on any atom is 2.00 e. The van der Waals surface area contributed by atoms with Crippen molar-refractivity contribution < 1.29 is 52.0 Å². The van der Waals surface area contributed by atoms with E-state index in [1.165, 1.54) is 0 Å². The van der Waals surface area contributed by atoms with E-state index in [-0.39, 0.29) is 27.3 Å². The summed E-state index contributed by atoms with van der Waals surface area (Å²) in [5.41, 5.74) is -1.80. The van der Waals surface area contributed by atoms with Gasteiger partial charge < -0.3 is 19.8 Å². The normalized spacial score (nSPS) is 9.00. The van der Waals surface area contributed by atoms with Crippen molar-refractivity contribution in [2.24, 2.45) is 0 Å². The first-order chi connectivity index (χ1) is 6.91. The van der Waals surface area contributed by atoms with Crippen LogP contribution in [-0.4, -0.2) is 16.9 Å². The van der Waals surface area contributed by atoms with Crippen LogP contribution in [0.1, 0.15) is 20.7 Å². The van der Waals surface area contributed by atoms with Gasteiger partial charge in [0, 0.05) is 23.3 Å². The number of non-ortho nitro benzene ring substituents is 1. The monoisotopic (exact) mass is 323 g/mol. The van der Waals surface area contributed by atoms with Crippen LogP contribution >= 0.6 is 0 Å². The summed E-state index contributed by atoms with van der Waals surface area (Å²) in [5, 5.41) is 31.1. The third-order valence-electron chi connectivity index (χ3n) is 1.60. The Bertz CT molecular complexity index is 379. The molecule has 0 saturated heterocycles. The molecule has 1 rings (SSSR count). The molecule has 0 bridgehead atoms. The molecule has 0 aliphatic heterocycles. The molecule has 0 amide bonds. The summed E-state index contributed by atoms with van der Waals surface area (Å²) in [6.07, 6.45) is 0. The van der Waals surface area contributed by atoms with E-state index in [1.54, 1.807) is 0 Å². The quantitative estimate of drug-likeness (QED) is 0.372. The molecular weight excluding hydrogens is 319 g/mol. The molecule has 0 aliphatic rings. The number of aromatic carboxylic acids is 2. The molecule has 7 nitrogen and oxygen atoms in total. The van der Waals surface area contributed by atoms with E-state index in [1.807, 2.05) is 0 Å². The fraction of sp³-hybridized carbons (Fsp3) is 0. The number of nitro benzene ring substituents is 1. The predicted molar refractivity (Wildman–Crippen MR) is 41.8 cm³/mol. The van der Waals surface area contributed by atoms with Crippen molar-refractivity contribution in [3.8, 4) is 0 Å². The molecule has 8 heteroatoms. The second-order valence-electron chi connectivity index (χ2n) is 2.60. The van der Waals surface area contributed by atoms with Crippen molar-refractivity contribution in [1.82, 2.24) is 0 Å². The van der Waals surface area contributed by atoms with E-state index in [0.29, 0.717) is 12.1 Å². The second-order valence-corrected chi connectivity index (χ2v) is 2.60. The van der Waals surface area contributed by atoms with Crippen LogP contribution in [0.2, 0.25) is 0 Å². The largest absolute Gasteiger partial charge is 2.00 e. The van der Waals surface area contributed by atoms with Crippen molar-refractivity contribution in [3.63, 3.8) is 0 Å². The predicted octanol–water partition coefficient (Wildman–Crippen LogP) is -1.68. The number of hydrogen-bond acceptors (Lipinski definition) is 6. The van der Waals surface area contributed by atoms with Crippen LogP contribution in [0, 0.1) is 10.1 Å². The first-order valence-electron chi connectivity index (χ1n) is 3.64. The van der Waals surface area contributed by atoms with Gasteiger partial charge in [-0.1, -0.05) is 0 Å². The molecular formula is C8H3CdNO6. The van der Waals surface area contributed by atoms with Crippen molar-refractivity contribution in [3.05, 3.63) is 39.4 Å². The molecule has 0 N–H and O–H groups in total.